The molecule has 2 heterocycles. The maximum absolute atomic E-state index is 14.2. The number of nitriles is 4. The topological polar surface area (TPSA) is 154 Å². The maximum atomic E-state index is 14.2. The summed E-state index contributed by atoms with van der Waals surface area (Å²) in [5, 5.41) is 39.0. The number of hydrogen-bond donors (Lipinski definition) is 0. The van der Waals surface area contributed by atoms with Crippen LogP contribution in [0.25, 0.3) is 20.9 Å². The molecule has 0 saturated heterocycles. The molecule has 0 amide bonds. The monoisotopic (exact) mass is 688 g/mol. The van der Waals surface area contributed by atoms with Crippen LogP contribution < -0.4 is 0 Å². The van der Waals surface area contributed by atoms with Gasteiger partial charge in [0.1, 0.15) is 56.8 Å². The lowest BCUT2D eigenvalue weighted by atomic mass is 9.84. The van der Waals surface area contributed by atoms with Crippen LogP contribution in [0.15, 0.2) is 57.5 Å². The Morgan fingerprint density at radius 2 is 0.918 bits per heavy atom. The molecule has 234 valence electrons. The number of hydrogen-bond acceptors (Lipinski definition) is 10. The van der Waals surface area contributed by atoms with Crippen LogP contribution in [0.1, 0.15) is 56.8 Å². The quantitative estimate of drug-likeness (QED) is 0.153. The second-order valence-corrected chi connectivity index (χ2v) is 13.5. The molecule has 3 aliphatic rings. The molecule has 0 radical (unpaired) electrons. The van der Waals surface area contributed by atoms with Gasteiger partial charge in [0, 0.05) is 38.8 Å². The molecule has 7 rings (SSSR count). The van der Waals surface area contributed by atoms with Crippen molar-refractivity contribution in [1.82, 2.24) is 0 Å². The van der Waals surface area contributed by atoms with Crippen molar-refractivity contribution >= 4 is 66.8 Å². The fraction of sp³-hybridized carbons (Fsp3) is 0.0857. The number of ketones is 2. The lowest BCUT2D eigenvalue weighted by Crippen LogP contribution is -2.13. The fourth-order valence-electron chi connectivity index (χ4n) is 6.11. The molecule has 0 spiro atoms. The van der Waals surface area contributed by atoms with Gasteiger partial charge in [-0.2, -0.15) is 21.0 Å². The number of benzene rings is 2. The smallest absolute Gasteiger partial charge is 0.212 e. The van der Waals surface area contributed by atoms with E-state index in [-0.39, 0.29) is 44.8 Å². The van der Waals surface area contributed by atoms with Gasteiger partial charge in [-0.3, -0.25) is 9.59 Å². The van der Waals surface area contributed by atoms with E-state index in [4.69, 9.17) is 0 Å². The highest BCUT2D eigenvalue weighted by Crippen LogP contribution is 2.58. The summed E-state index contributed by atoms with van der Waals surface area (Å²) in [6.07, 6.45) is 0. The highest BCUT2D eigenvalue weighted by molar-refractivity contribution is 7.26. The van der Waals surface area contributed by atoms with E-state index in [1.54, 1.807) is 36.4 Å². The van der Waals surface area contributed by atoms with Crippen molar-refractivity contribution in [2.75, 3.05) is 0 Å². The highest BCUT2D eigenvalue weighted by Gasteiger charge is 2.42. The largest absolute Gasteiger partial charge is 0.287 e. The fourth-order valence-corrected chi connectivity index (χ4v) is 8.66. The van der Waals surface area contributed by atoms with E-state index in [2.05, 4.69) is 9.98 Å². The predicted octanol–water partition coefficient (Wildman–Crippen LogP) is 8.21. The highest BCUT2D eigenvalue weighted by atomic mass is 32.1. The molecule has 0 bridgehead atoms. The van der Waals surface area contributed by atoms with E-state index in [1.165, 1.54) is 22.7 Å². The number of carbonyl (C=O) groups excluding carboxylic acids is 2. The number of thiophene rings is 2. The molecule has 0 atom stereocenters. The number of fused-ring (bicyclic) bond motifs is 5. The number of aliphatic imine (C=N–C) groups is 2. The van der Waals surface area contributed by atoms with Crippen molar-refractivity contribution in [2.45, 2.75) is 19.3 Å². The summed E-state index contributed by atoms with van der Waals surface area (Å²) in [5.74, 6) is -6.63. The normalized spacial score (nSPS) is 16.5. The minimum Gasteiger partial charge on any atom is -0.287 e. The first-order valence-electron chi connectivity index (χ1n) is 14.0. The zero-order chi connectivity index (χ0) is 35.1. The first kappa shape index (κ1) is 31.3. The number of allylic oxidation sites excluding steroid dienone is 4. The van der Waals surface area contributed by atoms with Crippen molar-refractivity contribution < 1.29 is 27.2 Å². The van der Waals surface area contributed by atoms with Crippen molar-refractivity contribution in [1.29, 1.82) is 21.0 Å². The van der Waals surface area contributed by atoms with Crippen molar-refractivity contribution in [3.63, 3.8) is 0 Å². The predicted molar refractivity (Wildman–Crippen MR) is 172 cm³/mol. The van der Waals surface area contributed by atoms with Gasteiger partial charge in [-0.15, -0.1) is 22.7 Å². The van der Waals surface area contributed by atoms with Crippen LogP contribution in [0, 0.1) is 68.6 Å². The van der Waals surface area contributed by atoms with E-state index in [1.807, 2.05) is 13.8 Å². The van der Waals surface area contributed by atoms with Crippen LogP contribution in [0.3, 0.4) is 0 Å². The Morgan fingerprint density at radius 3 is 1.24 bits per heavy atom. The van der Waals surface area contributed by atoms with E-state index < -0.39 is 51.4 Å². The standard InChI is InChI=1S/C35H12F4N6O2S2/c1-35(2)19-7-25(44-29-27(13(9-40)10-41)15-3-21(36)23(38)5-17(15)31(29)46)48-33(19)34-20(35)8-26(49-34)45-30-28(14(11-42)12-43)16-4-22(37)24(39)6-18(16)32(30)47/h3-8H,1-2H3. The molecule has 0 saturated carbocycles. The average molecular weight is 689 g/mol. The number of carbonyl (C=O) groups is 2. The second-order valence-electron chi connectivity index (χ2n) is 11.4. The third-order valence-corrected chi connectivity index (χ3v) is 10.7. The SMILES string of the molecule is CC1(C)c2cc(N=C3C(=O)c4cc(F)c(F)cc4C3=C(C#N)C#N)sc2-c2sc(N=C3C(=O)c4cc(F)c(F)cc4C3=C(C#N)C#N)cc21. The van der Waals surface area contributed by atoms with Gasteiger partial charge in [0.05, 0.1) is 9.75 Å². The van der Waals surface area contributed by atoms with Crippen molar-refractivity contribution in [3.8, 4) is 34.0 Å². The van der Waals surface area contributed by atoms with Gasteiger partial charge in [0.2, 0.25) is 11.6 Å². The van der Waals surface area contributed by atoms with E-state index >= 15 is 0 Å². The summed E-state index contributed by atoms with van der Waals surface area (Å²) in [7, 11) is 0. The summed E-state index contributed by atoms with van der Waals surface area (Å²) < 4.78 is 56.5. The maximum Gasteiger partial charge on any atom is 0.212 e. The van der Waals surface area contributed by atoms with Gasteiger partial charge in [-0.05, 0) is 47.5 Å². The van der Waals surface area contributed by atoms with Crippen LogP contribution >= 0.6 is 22.7 Å². The first-order chi connectivity index (χ1) is 23.3. The number of nitrogens with zero attached hydrogens (tertiary/aromatic N) is 6. The third-order valence-electron chi connectivity index (χ3n) is 8.43. The lowest BCUT2D eigenvalue weighted by molar-refractivity contribution is 0.106. The Bertz CT molecular complexity index is 2400. The average Bonchev–Trinajstić information content (AvgIpc) is 3.84. The minimum absolute atomic E-state index is 0.118. The Hall–Kier alpha value is -6.32. The zero-order valence-corrected chi connectivity index (χ0v) is 26.4. The molecule has 0 fully saturated rings. The van der Waals surface area contributed by atoms with Crippen LogP contribution in [0.4, 0.5) is 27.6 Å². The lowest BCUT2D eigenvalue weighted by Gasteiger charge is -2.18. The Morgan fingerprint density at radius 1 is 0.592 bits per heavy atom. The summed E-state index contributed by atoms with van der Waals surface area (Å²) >= 11 is 2.34. The van der Waals surface area contributed by atoms with Gasteiger partial charge >= 0.3 is 0 Å². The van der Waals surface area contributed by atoms with Gasteiger partial charge in [-0.1, -0.05) is 13.8 Å². The molecule has 0 N–H and O–H groups in total. The molecular weight excluding hydrogens is 677 g/mol. The van der Waals surface area contributed by atoms with E-state index in [0.717, 1.165) is 33.0 Å². The summed E-state index contributed by atoms with van der Waals surface area (Å²) in [6.45, 7) is 3.83. The zero-order valence-electron chi connectivity index (χ0n) is 24.8. The minimum atomic E-state index is -1.27. The molecule has 14 heteroatoms. The third kappa shape index (κ3) is 4.43. The van der Waals surface area contributed by atoms with E-state index in [9.17, 15) is 48.2 Å². The van der Waals surface area contributed by atoms with Crippen LogP contribution in [-0.2, 0) is 5.41 Å². The number of Topliss-reactive ketones (excluding diaryl/α,β-unsaturated/α-hetero) is 2. The Kier molecular flexibility index (Phi) is 6.94. The summed E-state index contributed by atoms with van der Waals surface area (Å²) in [6, 6.07) is 13.2. The number of rotatable bonds is 2. The molecule has 2 aromatic carbocycles. The molecule has 8 nitrogen and oxygen atoms in total. The second kappa shape index (κ2) is 10.9. The number of halogens is 4. The Balaban J connectivity index is 1.34. The molecule has 0 aliphatic heterocycles. The molecule has 49 heavy (non-hydrogen) atoms. The van der Waals surface area contributed by atoms with Gasteiger partial charge in [-0.25, -0.2) is 27.5 Å². The first-order valence-corrected chi connectivity index (χ1v) is 15.6. The van der Waals surface area contributed by atoms with Gasteiger partial charge in [0.15, 0.2) is 23.3 Å². The summed E-state index contributed by atoms with van der Waals surface area (Å²) in [4.78, 5) is 37.1. The van der Waals surface area contributed by atoms with Crippen LogP contribution in [-0.4, -0.2) is 23.0 Å². The molecular formula is C35H12F4N6O2S2. The molecule has 3 aliphatic carbocycles. The van der Waals surface area contributed by atoms with Gasteiger partial charge in [0.25, 0.3) is 0 Å². The molecule has 0 unspecified atom stereocenters. The van der Waals surface area contributed by atoms with Gasteiger partial charge < -0.3 is 0 Å². The summed E-state index contributed by atoms with van der Waals surface area (Å²) in [5.41, 5.74) is -1.76. The van der Waals surface area contributed by atoms with E-state index in [0.29, 0.717) is 22.1 Å². The Labute approximate surface area is 281 Å². The van der Waals surface area contributed by atoms with Crippen molar-refractivity contribution in [2.24, 2.45) is 9.98 Å². The van der Waals surface area contributed by atoms with Crippen LogP contribution in [0.5, 0.6) is 0 Å². The molecule has 4 aromatic rings. The van der Waals surface area contributed by atoms with Crippen LogP contribution in [0.2, 0.25) is 0 Å². The molecule has 2 aromatic heterocycles. The van der Waals surface area contributed by atoms with Crippen molar-refractivity contribution in [3.05, 3.63) is 104 Å².